The molecule has 0 bridgehead atoms. The fraction of sp³-hybridized carbons (Fsp3) is 0.824. The van der Waals surface area contributed by atoms with Crippen molar-refractivity contribution in [2.45, 2.75) is 78.8 Å². The van der Waals surface area contributed by atoms with E-state index < -0.39 is 0 Å². The van der Waals surface area contributed by atoms with Crippen LogP contribution in [0.2, 0.25) is 0 Å². The molecule has 1 aliphatic rings. The predicted molar refractivity (Wildman–Crippen MR) is 85.2 cm³/mol. The lowest BCUT2D eigenvalue weighted by Gasteiger charge is -2.28. The Kier molecular flexibility index (Phi) is 5.25. The fourth-order valence-corrected chi connectivity index (χ4v) is 3.52. The Morgan fingerprint density at radius 3 is 2.70 bits per heavy atom. The summed E-state index contributed by atoms with van der Waals surface area (Å²) in [5, 5.41) is 8.36. The Balaban J connectivity index is 2.07. The normalized spacial score (nSPS) is 23.5. The number of rotatable bonds is 5. The highest BCUT2D eigenvalue weighted by molar-refractivity contribution is 5.25. The Morgan fingerprint density at radius 1 is 1.30 bits per heavy atom. The van der Waals surface area contributed by atoms with Crippen LogP contribution in [-0.2, 0) is 6.42 Å². The summed E-state index contributed by atoms with van der Waals surface area (Å²) < 4.78 is 2.33. The molecule has 20 heavy (non-hydrogen) atoms. The van der Waals surface area contributed by atoms with E-state index in [9.17, 15) is 0 Å². The van der Waals surface area contributed by atoms with E-state index in [0.29, 0.717) is 12.1 Å². The molecular weight excluding hydrogens is 246 g/mol. The summed E-state index contributed by atoms with van der Waals surface area (Å²) in [7, 11) is 0. The summed E-state index contributed by atoms with van der Waals surface area (Å²) in [6.07, 6.45) is 6.44. The summed E-state index contributed by atoms with van der Waals surface area (Å²) in [5.41, 5.74) is 4.08. The van der Waals surface area contributed by atoms with E-state index in [1.165, 1.54) is 42.6 Å². The summed E-state index contributed by atoms with van der Waals surface area (Å²) in [5.74, 6) is 0.851. The zero-order valence-electron chi connectivity index (χ0n) is 13.9. The molecule has 2 atom stereocenters. The van der Waals surface area contributed by atoms with Crippen LogP contribution < -0.4 is 5.32 Å². The van der Waals surface area contributed by atoms with Gasteiger partial charge in [-0.2, -0.15) is 5.10 Å². The van der Waals surface area contributed by atoms with Gasteiger partial charge in [-0.3, -0.25) is 4.68 Å². The van der Waals surface area contributed by atoms with Gasteiger partial charge in [0.15, 0.2) is 0 Å². The van der Waals surface area contributed by atoms with Crippen LogP contribution in [0.1, 0.15) is 69.4 Å². The number of aromatic nitrogens is 2. The molecule has 1 heterocycles. The largest absolute Gasteiger partial charge is 0.314 e. The van der Waals surface area contributed by atoms with Crippen molar-refractivity contribution in [1.29, 1.82) is 0 Å². The van der Waals surface area contributed by atoms with Crippen molar-refractivity contribution < 1.29 is 0 Å². The average molecular weight is 277 g/mol. The van der Waals surface area contributed by atoms with Gasteiger partial charge < -0.3 is 5.32 Å². The van der Waals surface area contributed by atoms with Crippen LogP contribution in [0.5, 0.6) is 0 Å². The average Bonchev–Trinajstić information content (AvgIpc) is 2.66. The lowest BCUT2D eigenvalue weighted by Crippen LogP contribution is -2.25. The molecule has 0 amide bonds. The summed E-state index contributed by atoms with van der Waals surface area (Å²) in [4.78, 5) is 0. The van der Waals surface area contributed by atoms with Crippen LogP contribution in [0.3, 0.4) is 0 Å². The Morgan fingerprint density at radius 2 is 2.05 bits per heavy atom. The van der Waals surface area contributed by atoms with E-state index in [4.69, 9.17) is 5.10 Å². The molecule has 0 saturated heterocycles. The molecule has 0 spiro atoms. The van der Waals surface area contributed by atoms with E-state index in [2.05, 4.69) is 44.6 Å². The summed E-state index contributed by atoms with van der Waals surface area (Å²) in [6.45, 7) is 12.3. The van der Waals surface area contributed by atoms with Crippen molar-refractivity contribution in [3.63, 3.8) is 0 Å². The second-order valence-corrected chi connectivity index (χ2v) is 6.88. The monoisotopic (exact) mass is 277 g/mol. The first-order valence-electron chi connectivity index (χ1n) is 8.27. The van der Waals surface area contributed by atoms with E-state index in [1.807, 2.05) is 0 Å². The van der Waals surface area contributed by atoms with E-state index in [0.717, 1.165) is 18.9 Å². The number of aryl methyl sites for hydroxylation is 1. The van der Waals surface area contributed by atoms with Gasteiger partial charge in [0.05, 0.1) is 11.7 Å². The molecule has 0 radical (unpaired) electrons. The topological polar surface area (TPSA) is 29.9 Å². The van der Waals surface area contributed by atoms with Gasteiger partial charge in [-0.15, -0.1) is 0 Å². The highest BCUT2D eigenvalue weighted by Gasteiger charge is 2.23. The van der Waals surface area contributed by atoms with E-state index in [-0.39, 0.29) is 0 Å². The molecule has 1 fully saturated rings. The van der Waals surface area contributed by atoms with Gasteiger partial charge in [0.2, 0.25) is 0 Å². The zero-order chi connectivity index (χ0) is 14.7. The lowest BCUT2D eigenvalue weighted by molar-refractivity contribution is 0.263. The second-order valence-electron chi connectivity index (χ2n) is 6.88. The molecule has 114 valence electrons. The van der Waals surface area contributed by atoms with Gasteiger partial charge in [-0.25, -0.2) is 0 Å². The van der Waals surface area contributed by atoms with Crippen LogP contribution >= 0.6 is 0 Å². The van der Waals surface area contributed by atoms with Gasteiger partial charge >= 0.3 is 0 Å². The minimum Gasteiger partial charge on any atom is -0.314 e. The van der Waals surface area contributed by atoms with Crippen LogP contribution in [-0.4, -0.2) is 22.4 Å². The van der Waals surface area contributed by atoms with Gasteiger partial charge in [0.1, 0.15) is 0 Å². The second kappa shape index (κ2) is 6.75. The molecule has 2 rings (SSSR count). The third kappa shape index (κ3) is 3.63. The predicted octanol–water partition coefficient (Wildman–Crippen LogP) is 3.79. The van der Waals surface area contributed by atoms with Crippen LogP contribution in [0.4, 0.5) is 0 Å². The number of nitrogens with one attached hydrogen (secondary N) is 1. The molecule has 2 unspecified atom stereocenters. The molecule has 1 aromatic rings. The third-order valence-corrected chi connectivity index (χ3v) is 4.66. The maximum absolute atomic E-state index is 4.85. The molecule has 1 aliphatic carbocycles. The SMILES string of the molecule is Cc1nn(C2CCCC(C)C2)c(C)c1CCNC(C)C. The maximum atomic E-state index is 4.85. The Hall–Kier alpha value is -0.830. The molecule has 0 aromatic carbocycles. The molecule has 1 aromatic heterocycles. The van der Waals surface area contributed by atoms with Gasteiger partial charge in [0, 0.05) is 11.7 Å². The molecule has 1 N–H and O–H groups in total. The summed E-state index contributed by atoms with van der Waals surface area (Å²) in [6, 6.07) is 1.19. The minimum atomic E-state index is 0.560. The first-order valence-corrected chi connectivity index (χ1v) is 8.27. The first kappa shape index (κ1) is 15.6. The Bertz CT molecular complexity index is 434. The van der Waals surface area contributed by atoms with Crippen molar-refractivity contribution in [2.24, 2.45) is 5.92 Å². The molecule has 3 nitrogen and oxygen atoms in total. The molecule has 0 aliphatic heterocycles. The first-order chi connectivity index (χ1) is 9.49. The van der Waals surface area contributed by atoms with E-state index in [1.54, 1.807) is 0 Å². The van der Waals surface area contributed by atoms with Crippen LogP contribution in [0, 0.1) is 19.8 Å². The molecule has 3 heteroatoms. The van der Waals surface area contributed by atoms with Crippen molar-refractivity contribution in [3.05, 3.63) is 17.0 Å². The summed E-state index contributed by atoms with van der Waals surface area (Å²) >= 11 is 0. The van der Waals surface area contributed by atoms with Crippen LogP contribution in [0.15, 0.2) is 0 Å². The number of hydrogen-bond donors (Lipinski definition) is 1. The number of hydrogen-bond acceptors (Lipinski definition) is 2. The number of nitrogens with zero attached hydrogens (tertiary/aromatic N) is 2. The van der Waals surface area contributed by atoms with Crippen molar-refractivity contribution in [1.82, 2.24) is 15.1 Å². The standard InChI is InChI=1S/C17H31N3/c1-12(2)18-10-9-17-14(4)19-20(15(17)5)16-8-6-7-13(3)11-16/h12-13,16,18H,6-11H2,1-5H3. The van der Waals surface area contributed by atoms with Crippen molar-refractivity contribution in [3.8, 4) is 0 Å². The smallest absolute Gasteiger partial charge is 0.0629 e. The van der Waals surface area contributed by atoms with Gasteiger partial charge in [-0.05, 0) is 51.1 Å². The lowest BCUT2D eigenvalue weighted by atomic mass is 9.87. The molecule has 1 saturated carbocycles. The zero-order valence-corrected chi connectivity index (χ0v) is 13.9. The highest BCUT2D eigenvalue weighted by Crippen LogP contribution is 2.33. The van der Waals surface area contributed by atoms with Gasteiger partial charge in [0.25, 0.3) is 0 Å². The third-order valence-electron chi connectivity index (χ3n) is 4.66. The Labute approximate surface area is 124 Å². The fourth-order valence-electron chi connectivity index (χ4n) is 3.52. The van der Waals surface area contributed by atoms with Crippen molar-refractivity contribution in [2.75, 3.05) is 6.54 Å². The quantitative estimate of drug-likeness (QED) is 0.887. The molecular formula is C17H31N3. The maximum Gasteiger partial charge on any atom is 0.0629 e. The highest BCUT2D eigenvalue weighted by atomic mass is 15.3. The van der Waals surface area contributed by atoms with Crippen LogP contribution in [0.25, 0.3) is 0 Å². The van der Waals surface area contributed by atoms with Gasteiger partial charge in [-0.1, -0.05) is 33.6 Å². The van der Waals surface area contributed by atoms with E-state index >= 15 is 0 Å². The minimum absolute atomic E-state index is 0.560. The van der Waals surface area contributed by atoms with Crippen molar-refractivity contribution >= 4 is 0 Å².